The number of methoxy groups -OCH3 is 1. The fraction of sp³-hybridized carbons (Fsp3) is 0.292. The summed E-state index contributed by atoms with van der Waals surface area (Å²) in [5.41, 5.74) is 4.18. The number of para-hydroxylation sites is 1. The van der Waals surface area contributed by atoms with Crippen LogP contribution in [0.5, 0.6) is 5.75 Å². The summed E-state index contributed by atoms with van der Waals surface area (Å²) in [6.07, 6.45) is 0. The van der Waals surface area contributed by atoms with E-state index in [1.165, 1.54) is 12.1 Å². The Morgan fingerprint density at radius 2 is 1.80 bits per heavy atom. The molecule has 30 heavy (non-hydrogen) atoms. The van der Waals surface area contributed by atoms with Crippen molar-refractivity contribution in [2.24, 2.45) is 0 Å². The number of nitrogens with zero attached hydrogens (tertiary/aromatic N) is 2. The molecule has 0 spiro atoms. The zero-order valence-corrected chi connectivity index (χ0v) is 18.1. The lowest BCUT2D eigenvalue weighted by atomic mass is 10.0. The van der Waals surface area contributed by atoms with Crippen LogP contribution in [0.4, 0.5) is 4.39 Å². The molecule has 2 aromatic carbocycles. The summed E-state index contributed by atoms with van der Waals surface area (Å²) in [6, 6.07) is 15.9. The lowest BCUT2D eigenvalue weighted by molar-refractivity contribution is 0.0941. The maximum absolute atomic E-state index is 13.3. The molecule has 158 valence electrons. The minimum atomic E-state index is -0.287. The van der Waals surface area contributed by atoms with Crippen LogP contribution in [0.3, 0.4) is 0 Å². The first-order chi connectivity index (χ1) is 14.3. The van der Waals surface area contributed by atoms with E-state index >= 15 is 0 Å². The average molecular weight is 410 g/mol. The van der Waals surface area contributed by atoms with E-state index in [2.05, 4.69) is 10.2 Å². The first-order valence-corrected chi connectivity index (χ1v) is 9.86. The van der Waals surface area contributed by atoms with Gasteiger partial charge < -0.3 is 19.5 Å². The highest BCUT2D eigenvalue weighted by Crippen LogP contribution is 2.28. The second-order valence-electron chi connectivity index (χ2n) is 7.53. The second-order valence-corrected chi connectivity index (χ2v) is 7.53. The number of amides is 1. The SMILES string of the molecule is COc1ccccc1C(CNC(=O)c1cc(C)n(-c2ccc(F)cc2)c1C)N(C)C. The van der Waals surface area contributed by atoms with Crippen LogP contribution in [-0.2, 0) is 0 Å². The minimum Gasteiger partial charge on any atom is -0.496 e. The monoisotopic (exact) mass is 409 g/mol. The van der Waals surface area contributed by atoms with Crippen LogP contribution < -0.4 is 10.1 Å². The van der Waals surface area contributed by atoms with Crippen molar-refractivity contribution < 1.29 is 13.9 Å². The van der Waals surface area contributed by atoms with Gasteiger partial charge in [-0.1, -0.05) is 18.2 Å². The van der Waals surface area contributed by atoms with Crippen molar-refractivity contribution >= 4 is 5.91 Å². The number of hydrogen-bond acceptors (Lipinski definition) is 3. The van der Waals surface area contributed by atoms with E-state index in [4.69, 9.17) is 4.74 Å². The Kier molecular flexibility index (Phi) is 6.57. The highest BCUT2D eigenvalue weighted by Gasteiger charge is 2.21. The number of aryl methyl sites for hydroxylation is 1. The molecule has 0 aliphatic carbocycles. The molecule has 0 saturated heterocycles. The molecule has 1 N–H and O–H groups in total. The predicted octanol–water partition coefficient (Wildman–Crippen LogP) is 4.27. The van der Waals surface area contributed by atoms with Crippen molar-refractivity contribution in [3.05, 3.63) is 82.9 Å². The largest absolute Gasteiger partial charge is 0.496 e. The Hall–Kier alpha value is -3.12. The zero-order chi connectivity index (χ0) is 21.8. The lowest BCUT2D eigenvalue weighted by Gasteiger charge is -2.26. The summed E-state index contributed by atoms with van der Waals surface area (Å²) in [4.78, 5) is 15.1. The van der Waals surface area contributed by atoms with E-state index in [0.717, 1.165) is 28.4 Å². The third-order valence-electron chi connectivity index (χ3n) is 5.34. The van der Waals surface area contributed by atoms with Gasteiger partial charge in [0, 0.05) is 29.2 Å². The summed E-state index contributed by atoms with van der Waals surface area (Å²) < 4.78 is 20.7. The molecule has 0 radical (unpaired) electrons. The highest BCUT2D eigenvalue weighted by molar-refractivity contribution is 5.96. The number of hydrogen-bond donors (Lipinski definition) is 1. The number of carbonyl (C=O) groups excluding carboxylic acids is 1. The molecule has 1 aromatic heterocycles. The van der Waals surface area contributed by atoms with Gasteiger partial charge in [0.15, 0.2) is 0 Å². The van der Waals surface area contributed by atoms with Gasteiger partial charge >= 0.3 is 0 Å². The molecule has 1 heterocycles. The molecule has 0 bridgehead atoms. The maximum Gasteiger partial charge on any atom is 0.253 e. The minimum absolute atomic E-state index is 0.0364. The third kappa shape index (κ3) is 4.39. The van der Waals surface area contributed by atoms with Crippen molar-refractivity contribution in [3.8, 4) is 11.4 Å². The van der Waals surface area contributed by atoms with Crippen LogP contribution in [0.25, 0.3) is 5.69 Å². The van der Waals surface area contributed by atoms with Gasteiger partial charge in [-0.2, -0.15) is 0 Å². The van der Waals surface area contributed by atoms with Gasteiger partial charge in [0.05, 0.1) is 18.7 Å². The zero-order valence-electron chi connectivity index (χ0n) is 18.1. The first-order valence-electron chi connectivity index (χ1n) is 9.86. The molecule has 1 amide bonds. The van der Waals surface area contributed by atoms with Gasteiger partial charge in [0.2, 0.25) is 0 Å². The molecule has 3 aromatic rings. The van der Waals surface area contributed by atoms with Crippen molar-refractivity contribution in [2.45, 2.75) is 19.9 Å². The quantitative estimate of drug-likeness (QED) is 0.634. The Balaban J connectivity index is 1.82. The van der Waals surface area contributed by atoms with E-state index in [-0.39, 0.29) is 17.8 Å². The summed E-state index contributed by atoms with van der Waals surface area (Å²) in [5.74, 6) is 0.364. The summed E-state index contributed by atoms with van der Waals surface area (Å²) in [5, 5.41) is 3.06. The van der Waals surface area contributed by atoms with Crippen molar-refractivity contribution in [3.63, 3.8) is 0 Å². The molecule has 1 unspecified atom stereocenters. The molecule has 3 rings (SSSR count). The summed E-state index contributed by atoms with van der Waals surface area (Å²) >= 11 is 0. The molecule has 0 saturated carbocycles. The van der Waals surface area contributed by atoms with Crippen LogP contribution >= 0.6 is 0 Å². The fourth-order valence-electron chi connectivity index (χ4n) is 3.78. The van der Waals surface area contributed by atoms with Crippen LogP contribution in [0.15, 0.2) is 54.6 Å². The Morgan fingerprint density at radius 3 is 2.43 bits per heavy atom. The summed E-state index contributed by atoms with van der Waals surface area (Å²) in [6.45, 7) is 4.27. The second kappa shape index (κ2) is 9.13. The van der Waals surface area contributed by atoms with Crippen molar-refractivity contribution in [2.75, 3.05) is 27.7 Å². The van der Waals surface area contributed by atoms with Gasteiger partial charge in [-0.05, 0) is 64.3 Å². The normalized spacial score (nSPS) is 12.1. The fourth-order valence-corrected chi connectivity index (χ4v) is 3.78. The molecule has 1 atom stereocenters. The van der Waals surface area contributed by atoms with Crippen LogP contribution in [0.2, 0.25) is 0 Å². The smallest absolute Gasteiger partial charge is 0.253 e. The molecule has 0 aliphatic rings. The molecular weight excluding hydrogens is 381 g/mol. The van der Waals surface area contributed by atoms with E-state index in [0.29, 0.717) is 12.1 Å². The van der Waals surface area contributed by atoms with Crippen molar-refractivity contribution in [1.82, 2.24) is 14.8 Å². The number of nitrogens with one attached hydrogen (secondary N) is 1. The van der Waals surface area contributed by atoms with E-state index in [9.17, 15) is 9.18 Å². The van der Waals surface area contributed by atoms with Crippen molar-refractivity contribution in [1.29, 1.82) is 0 Å². The topological polar surface area (TPSA) is 46.5 Å². The van der Waals surface area contributed by atoms with Gasteiger partial charge in [-0.3, -0.25) is 4.79 Å². The van der Waals surface area contributed by atoms with Crippen LogP contribution in [0.1, 0.15) is 33.4 Å². The number of rotatable bonds is 7. The molecule has 0 aliphatic heterocycles. The molecule has 5 nitrogen and oxygen atoms in total. The molecule has 0 fully saturated rings. The Bertz CT molecular complexity index is 1030. The standard InChI is InChI=1S/C24H28FN3O2/c1-16-14-21(17(2)28(16)19-12-10-18(25)11-13-19)24(29)26-15-22(27(3)4)20-8-6-7-9-23(20)30-5/h6-14,22H,15H2,1-5H3,(H,26,29). The lowest BCUT2D eigenvalue weighted by Crippen LogP contribution is -2.35. The van der Waals surface area contributed by atoms with E-state index in [1.54, 1.807) is 19.2 Å². The van der Waals surface area contributed by atoms with Gasteiger partial charge in [-0.15, -0.1) is 0 Å². The number of benzene rings is 2. The number of halogens is 1. The van der Waals surface area contributed by atoms with E-state index < -0.39 is 0 Å². The number of aromatic nitrogens is 1. The van der Waals surface area contributed by atoms with E-state index in [1.807, 2.05) is 62.8 Å². The number of likely N-dealkylation sites (N-methyl/N-ethyl adjacent to an activating group) is 1. The number of ether oxygens (including phenoxy) is 1. The maximum atomic E-state index is 13.3. The Labute approximate surface area is 177 Å². The van der Waals surface area contributed by atoms with Gasteiger partial charge in [-0.25, -0.2) is 4.39 Å². The highest BCUT2D eigenvalue weighted by atomic mass is 19.1. The summed E-state index contributed by atoms with van der Waals surface area (Å²) in [7, 11) is 5.60. The average Bonchev–Trinajstić information content (AvgIpc) is 3.03. The first kappa shape index (κ1) is 21.6. The van der Waals surface area contributed by atoms with Crippen LogP contribution in [-0.4, -0.2) is 43.1 Å². The predicted molar refractivity (Wildman–Crippen MR) is 117 cm³/mol. The molecule has 6 heteroatoms. The number of carbonyl (C=O) groups is 1. The van der Waals surface area contributed by atoms with Gasteiger partial charge in [0.1, 0.15) is 11.6 Å². The Morgan fingerprint density at radius 1 is 1.13 bits per heavy atom. The van der Waals surface area contributed by atoms with Crippen LogP contribution in [0, 0.1) is 19.7 Å². The molecular formula is C24H28FN3O2. The third-order valence-corrected chi connectivity index (χ3v) is 5.34. The van der Waals surface area contributed by atoms with Gasteiger partial charge in [0.25, 0.3) is 5.91 Å².